The summed E-state index contributed by atoms with van der Waals surface area (Å²) in [6, 6.07) is 6.37. The van der Waals surface area contributed by atoms with E-state index in [9.17, 15) is 9.18 Å². The Labute approximate surface area is 110 Å². The molecule has 0 saturated carbocycles. The molecule has 0 atom stereocenters. The summed E-state index contributed by atoms with van der Waals surface area (Å²) in [6.07, 6.45) is 1.35. The van der Waals surface area contributed by atoms with E-state index in [1.165, 1.54) is 18.3 Å². The second-order valence-electron chi connectivity index (χ2n) is 4.93. The molecule has 0 unspecified atom stereocenters. The zero-order valence-electron chi connectivity index (χ0n) is 10.8. The number of hydrogen-bond acceptors (Lipinski definition) is 3. The molecule has 1 amide bonds. The molecule has 2 N–H and O–H groups in total. The van der Waals surface area contributed by atoms with Crippen LogP contribution in [0.5, 0.6) is 0 Å². The summed E-state index contributed by atoms with van der Waals surface area (Å²) in [7, 11) is 0. The van der Waals surface area contributed by atoms with Gasteiger partial charge >= 0.3 is 0 Å². The van der Waals surface area contributed by atoms with Gasteiger partial charge in [0.2, 0.25) is 0 Å². The maximum absolute atomic E-state index is 13.2. The lowest BCUT2D eigenvalue weighted by molar-refractivity contribution is 0.0940. The molecule has 0 aliphatic carbocycles. The number of carbonyl (C=O) groups excluding carboxylic acids is 1. The molecule has 0 spiro atoms. The molecule has 1 aromatic heterocycles. The van der Waals surface area contributed by atoms with Crippen molar-refractivity contribution in [1.29, 1.82) is 0 Å². The first-order valence-corrected chi connectivity index (χ1v) is 5.89. The van der Waals surface area contributed by atoms with Crippen LogP contribution in [0.25, 0.3) is 0 Å². The average molecular weight is 262 g/mol. The largest absolute Gasteiger partial charge is 0.350 e. The lowest BCUT2D eigenvalue weighted by Crippen LogP contribution is -2.36. The number of carbonyl (C=O) groups is 1. The highest BCUT2D eigenvalue weighted by Crippen LogP contribution is 2.22. The summed E-state index contributed by atoms with van der Waals surface area (Å²) in [5.74, 6) is -0.591. The minimum atomic E-state index is -0.374. The number of aromatic nitrogens is 3. The number of rotatable bonds is 4. The molecule has 0 aliphatic rings. The number of amides is 1. The van der Waals surface area contributed by atoms with Gasteiger partial charge in [0, 0.05) is 12.0 Å². The van der Waals surface area contributed by atoms with E-state index < -0.39 is 0 Å². The van der Waals surface area contributed by atoms with Crippen molar-refractivity contribution in [2.45, 2.75) is 19.3 Å². The Balaban J connectivity index is 2.03. The van der Waals surface area contributed by atoms with E-state index >= 15 is 0 Å². The van der Waals surface area contributed by atoms with Crippen molar-refractivity contribution in [2.24, 2.45) is 0 Å². The van der Waals surface area contributed by atoms with Crippen LogP contribution in [0.1, 0.15) is 29.9 Å². The molecule has 5 nitrogen and oxygen atoms in total. The third-order valence-corrected chi connectivity index (χ3v) is 2.94. The van der Waals surface area contributed by atoms with E-state index in [-0.39, 0.29) is 22.8 Å². The van der Waals surface area contributed by atoms with Crippen molar-refractivity contribution in [2.75, 3.05) is 6.54 Å². The first-order chi connectivity index (χ1) is 8.99. The molecular formula is C13H15FN4O. The quantitative estimate of drug-likeness (QED) is 0.880. The minimum Gasteiger partial charge on any atom is -0.350 e. The first-order valence-electron chi connectivity index (χ1n) is 5.89. The van der Waals surface area contributed by atoms with Crippen molar-refractivity contribution in [3.63, 3.8) is 0 Å². The minimum absolute atomic E-state index is 0.232. The highest BCUT2D eigenvalue weighted by molar-refractivity contribution is 5.91. The van der Waals surface area contributed by atoms with Crippen LogP contribution in [0.3, 0.4) is 0 Å². The lowest BCUT2D eigenvalue weighted by Gasteiger charge is -2.25. The molecule has 100 valence electrons. The lowest BCUT2D eigenvalue weighted by atomic mass is 9.84. The summed E-state index contributed by atoms with van der Waals surface area (Å²) >= 11 is 0. The van der Waals surface area contributed by atoms with Crippen molar-refractivity contribution < 1.29 is 9.18 Å². The van der Waals surface area contributed by atoms with E-state index in [4.69, 9.17) is 0 Å². The van der Waals surface area contributed by atoms with Crippen LogP contribution in [-0.2, 0) is 5.41 Å². The summed E-state index contributed by atoms with van der Waals surface area (Å²) in [5.41, 5.74) is 0.685. The highest BCUT2D eigenvalue weighted by Gasteiger charge is 2.22. The maximum Gasteiger partial charge on any atom is 0.273 e. The molecule has 2 aromatic rings. The van der Waals surface area contributed by atoms with Crippen LogP contribution < -0.4 is 5.32 Å². The predicted octanol–water partition coefficient (Wildman–Crippen LogP) is 1.65. The zero-order chi connectivity index (χ0) is 13.9. The molecule has 0 fully saturated rings. The van der Waals surface area contributed by atoms with Gasteiger partial charge in [-0.2, -0.15) is 15.4 Å². The molecule has 1 aromatic carbocycles. The molecule has 2 rings (SSSR count). The molecule has 1 heterocycles. The van der Waals surface area contributed by atoms with Crippen molar-refractivity contribution >= 4 is 5.91 Å². The van der Waals surface area contributed by atoms with Crippen molar-refractivity contribution in [3.8, 4) is 0 Å². The number of benzene rings is 1. The second kappa shape index (κ2) is 5.17. The summed E-state index contributed by atoms with van der Waals surface area (Å²) in [6.45, 7) is 4.25. The number of nitrogens with zero attached hydrogens (tertiary/aromatic N) is 2. The van der Waals surface area contributed by atoms with Crippen LogP contribution in [0.4, 0.5) is 4.39 Å². The van der Waals surface area contributed by atoms with Crippen LogP contribution in [-0.4, -0.2) is 27.9 Å². The zero-order valence-corrected chi connectivity index (χ0v) is 10.8. The molecule has 0 bridgehead atoms. The Bertz CT molecular complexity index is 566. The Kier molecular flexibility index (Phi) is 3.59. The molecular weight excluding hydrogens is 247 g/mol. The van der Waals surface area contributed by atoms with Crippen LogP contribution >= 0.6 is 0 Å². The van der Waals surface area contributed by atoms with Gasteiger partial charge in [-0.25, -0.2) is 4.39 Å². The molecule has 0 radical (unpaired) electrons. The van der Waals surface area contributed by atoms with Crippen molar-refractivity contribution in [3.05, 3.63) is 47.5 Å². The molecule has 19 heavy (non-hydrogen) atoms. The Morgan fingerprint density at radius 1 is 1.47 bits per heavy atom. The van der Waals surface area contributed by atoms with Gasteiger partial charge < -0.3 is 5.32 Å². The average Bonchev–Trinajstić information content (AvgIpc) is 2.90. The SMILES string of the molecule is CC(C)(CNC(=O)c1cn[nH]n1)c1cccc(F)c1. The van der Waals surface area contributed by atoms with Crippen LogP contribution in [0.15, 0.2) is 30.5 Å². The Morgan fingerprint density at radius 3 is 2.89 bits per heavy atom. The number of aromatic amines is 1. The highest BCUT2D eigenvalue weighted by atomic mass is 19.1. The van der Waals surface area contributed by atoms with Gasteiger partial charge in [-0.05, 0) is 17.7 Å². The Hall–Kier alpha value is -2.24. The smallest absolute Gasteiger partial charge is 0.273 e. The molecule has 6 heteroatoms. The number of hydrogen-bond donors (Lipinski definition) is 2. The van der Waals surface area contributed by atoms with Crippen LogP contribution in [0, 0.1) is 5.82 Å². The van der Waals surface area contributed by atoms with Gasteiger partial charge in [0.15, 0.2) is 5.69 Å². The topological polar surface area (TPSA) is 70.7 Å². The third-order valence-electron chi connectivity index (χ3n) is 2.94. The number of halogens is 1. The summed E-state index contributed by atoms with van der Waals surface area (Å²) in [4.78, 5) is 11.7. The second-order valence-corrected chi connectivity index (χ2v) is 4.93. The first kappa shape index (κ1) is 13.2. The van der Waals surface area contributed by atoms with E-state index in [1.54, 1.807) is 6.07 Å². The molecule has 0 saturated heterocycles. The third kappa shape index (κ3) is 3.15. The van der Waals surface area contributed by atoms with Gasteiger partial charge in [0.05, 0.1) is 6.20 Å². The van der Waals surface area contributed by atoms with Gasteiger partial charge in [-0.15, -0.1) is 0 Å². The Morgan fingerprint density at radius 2 is 2.26 bits per heavy atom. The van der Waals surface area contributed by atoms with Gasteiger partial charge in [-0.3, -0.25) is 4.79 Å². The van der Waals surface area contributed by atoms with Crippen LogP contribution in [0.2, 0.25) is 0 Å². The fraction of sp³-hybridized carbons (Fsp3) is 0.308. The normalized spacial score (nSPS) is 11.3. The summed E-state index contributed by atoms with van der Waals surface area (Å²) < 4.78 is 13.2. The number of H-pyrrole nitrogens is 1. The summed E-state index contributed by atoms with van der Waals surface area (Å²) in [5, 5.41) is 12.4. The fourth-order valence-corrected chi connectivity index (χ4v) is 1.71. The standard InChI is InChI=1S/C13H15FN4O/c1-13(2,9-4-3-5-10(14)6-9)8-15-12(19)11-7-16-18-17-11/h3-7H,8H2,1-2H3,(H,15,19)(H,16,17,18). The maximum atomic E-state index is 13.2. The van der Waals surface area contributed by atoms with Gasteiger partial charge in [0.1, 0.15) is 5.82 Å². The van der Waals surface area contributed by atoms with E-state index in [2.05, 4.69) is 20.7 Å². The monoisotopic (exact) mass is 262 g/mol. The van der Waals surface area contributed by atoms with Gasteiger partial charge in [-0.1, -0.05) is 26.0 Å². The number of nitrogens with one attached hydrogen (secondary N) is 2. The van der Waals surface area contributed by atoms with E-state index in [1.807, 2.05) is 19.9 Å². The fourth-order valence-electron chi connectivity index (χ4n) is 1.71. The predicted molar refractivity (Wildman–Crippen MR) is 68.1 cm³/mol. The van der Waals surface area contributed by atoms with E-state index in [0.29, 0.717) is 6.54 Å². The van der Waals surface area contributed by atoms with Crippen molar-refractivity contribution in [1.82, 2.24) is 20.7 Å². The van der Waals surface area contributed by atoms with E-state index in [0.717, 1.165) is 5.56 Å². The van der Waals surface area contributed by atoms with Gasteiger partial charge in [0.25, 0.3) is 5.91 Å². The molecule has 0 aliphatic heterocycles.